The van der Waals surface area contributed by atoms with Crippen molar-refractivity contribution in [3.63, 3.8) is 0 Å². The van der Waals surface area contributed by atoms with Crippen LogP contribution in [0.3, 0.4) is 0 Å². The quantitative estimate of drug-likeness (QED) is 0.766. The van der Waals surface area contributed by atoms with Crippen LogP contribution in [0.15, 0.2) is 35.2 Å². The monoisotopic (exact) mass is 368 g/mol. The molecule has 7 nitrogen and oxygen atoms in total. The molecule has 2 aliphatic rings. The van der Waals surface area contributed by atoms with Gasteiger partial charge in [-0.25, -0.2) is 8.42 Å². The van der Waals surface area contributed by atoms with Gasteiger partial charge in [-0.3, -0.25) is 14.6 Å². The molecule has 1 aromatic carbocycles. The molecule has 0 aliphatic carbocycles. The number of fused-ring (bicyclic) bond motifs is 3. The average Bonchev–Trinajstić information content (AvgIpc) is 2.83. The lowest BCUT2D eigenvalue weighted by Gasteiger charge is -2.30. The Hall–Kier alpha value is -1.48. The van der Waals surface area contributed by atoms with Gasteiger partial charge in [-0.2, -0.15) is 0 Å². The zero-order valence-corrected chi connectivity index (χ0v) is 14.9. The molecule has 8 heteroatoms. The van der Waals surface area contributed by atoms with Crippen LogP contribution in [-0.2, 0) is 19.4 Å². The fraction of sp³-hybridized carbons (Fsp3) is 0.588. The Balaban J connectivity index is 1.67. The minimum absolute atomic E-state index is 0.0170. The third-order valence-electron chi connectivity index (χ3n) is 4.77. The zero-order chi connectivity index (χ0) is 17.9. The van der Waals surface area contributed by atoms with Gasteiger partial charge in [0.2, 0.25) is 0 Å². The van der Waals surface area contributed by atoms with E-state index >= 15 is 0 Å². The SMILES string of the molecule is O=C(O)CN1C[C@@H]2COC[C@H](C1)N(CCS(=O)(=O)c1ccccc1)C2. The van der Waals surface area contributed by atoms with E-state index < -0.39 is 15.8 Å². The summed E-state index contributed by atoms with van der Waals surface area (Å²) in [4.78, 5) is 15.5. The van der Waals surface area contributed by atoms with Crippen molar-refractivity contribution in [3.05, 3.63) is 30.3 Å². The largest absolute Gasteiger partial charge is 0.480 e. The molecule has 2 aliphatic heterocycles. The van der Waals surface area contributed by atoms with E-state index in [1.807, 2.05) is 4.90 Å². The first-order valence-electron chi connectivity index (χ1n) is 8.48. The molecule has 0 aromatic heterocycles. The summed E-state index contributed by atoms with van der Waals surface area (Å²) in [5, 5.41) is 9.06. The van der Waals surface area contributed by atoms with Crippen molar-refractivity contribution in [1.82, 2.24) is 9.80 Å². The van der Waals surface area contributed by atoms with Gasteiger partial charge >= 0.3 is 5.97 Å². The van der Waals surface area contributed by atoms with Crippen LogP contribution >= 0.6 is 0 Å². The van der Waals surface area contributed by atoms with Crippen LogP contribution in [-0.4, -0.2) is 87.0 Å². The number of sulfone groups is 1. The number of aliphatic carboxylic acids is 1. The molecule has 0 spiro atoms. The number of hydrogen-bond donors (Lipinski definition) is 1. The number of carboxylic acids is 1. The van der Waals surface area contributed by atoms with Crippen LogP contribution in [0.5, 0.6) is 0 Å². The van der Waals surface area contributed by atoms with Crippen molar-refractivity contribution in [2.24, 2.45) is 5.92 Å². The van der Waals surface area contributed by atoms with Gasteiger partial charge in [-0.05, 0) is 12.1 Å². The van der Waals surface area contributed by atoms with Crippen LogP contribution in [0, 0.1) is 5.92 Å². The second-order valence-corrected chi connectivity index (χ2v) is 8.88. The van der Waals surface area contributed by atoms with Gasteiger partial charge in [0.25, 0.3) is 0 Å². The first kappa shape index (κ1) is 18.3. The standard InChI is InChI=1S/C17H24N2O5S/c20-17(21)11-18-8-14-9-19(15(10-18)13-24-12-14)6-7-25(22,23)16-4-2-1-3-5-16/h1-5,14-15H,6-13H2,(H,20,21)/t14-,15-/m0/s1. The second kappa shape index (κ2) is 7.82. The van der Waals surface area contributed by atoms with E-state index in [4.69, 9.17) is 9.84 Å². The first-order valence-corrected chi connectivity index (χ1v) is 10.1. The molecule has 2 heterocycles. The number of hydrogen-bond acceptors (Lipinski definition) is 6. The first-order chi connectivity index (χ1) is 11.9. The van der Waals surface area contributed by atoms with Crippen molar-refractivity contribution >= 4 is 15.8 Å². The number of nitrogens with zero attached hydrogens (tertiary/aromatic N) is 2. The number of rotatable bonds is 6. The molecular weight excluding hydrogens is 344 g/mol. The highest BCUT2D eigenvalue weighted by Gasteiger charge is 2.34. The van der Waals surface area contributed by atoms with Gasteiger partial charge in [0.1, 0.15) is 0 Å². The van der Waals surface area contributed by atoms with Gasteiger partial charge < -0.3 is 9.84 Å². The minimum atomic E-state index is -3.32. The Morgan fingerprint density at radius 3 is 2.64 bits per heavy atom. The van der Waals surface area contributed by atoms with Gasteiger partial charge in [0, 0.05) is 38.1 Å². The Kier molecular flexibility index (Phi) is 5.73. The molecule has 2 bridgehead atoms. The number of benzene rings is 1. The molecule has 0 amide bonds. The molecule has 0 saturated carbocycles. The molecule has 2 saturated heterocycles. The molecular formula is C17H24N2O5S. The summed E-state index contributed by atoms with van der Waals surface area (Å²) in [5.41, 5.74) is 0. The minimum Gasteiger partial charge on any atom is -0.480 e. The smallest absolute Gasteiger partial charge is 0.317 e. The maximum Gasteiger partial charge on any atom is 0.317 e. The summed E-state index contributed by atoms with van der Waals surface area (Å²) in [7, 11) is -3.32. The van der Waals surface area contributed by atoms with E-state index in [-0.39, 0.29) is 24.3 Å². The number of ether oxygens (including phenoxy) is 1. The summed E-state index contributed by atoms with van der Waals surface area (Å²) >= 11 is 0. The lowest BCUT2D eigenvalue weighted by molar-refractivity contribution is -0.138. The molecule has 25 heavy (non-hydrogen) atoms. The van der Waals surface area contributed by atoms with Crippen LogP contribution in [0.4, 0.5) is 0 Å². The highest BCUT2D eigenvalue weighted by molar-refractivity contribution is 7.91. The van der Waals surface area contributed by atoms with Crippen molar-refractivity contribution in [2.45, 2.75) is 10.9 Å². The highest BCUT2D eigenvalue weighted by Crippen LogP contribution is 2.20. The van der Waals surface area contributed by atoms with Crippen LogP contribution < -0.4 is 0 Å². The fourth-order valence-corrected chi connectivity index (χ4v) is 4.89. The molecule has 2 fully saturated rings. The van der Waals surface area contributed by atoms with Gasteiger partial charge in [-0.1, -0.05) is 18.2 Å². The van der Waals surface area contributed by atoms with Gasteiger partial charge in [0.05, 0.1) is 30.4 Å². The summed E-state index contributed by atoms with van der Waals surface area (Å²) in [6.45, 7) is 3.56. The van der Waals surface area contributed by atoms with E-state index in [2.05, 4.69) is 4.90 Å². The third kappa shape index (κ3) is 4.78. The van der Waals surface area contributed by atoms with E-state index in [0.717, 1.165) is 6.54 Å². The summed E-state index contributed by atoms with van der Waals surface area (Å²) in [6.07, 6.45) is 0. The number of carbonyl (C=O) groups is 1. The molecule has 3 rings (SSSR count). The number of carboxylic acid groups (broad SMARTS) is 1. The summed E-state index contributed by atoms with van der Waals surface area (Å²) in [5.74, 6) is -0.579. The molecule has 0 radical (unpaired) electrons. The maximum atomic E-state index is 12.5. The second-order valence-electron chi connectivity index (χ2n) is 6.77. The van der Waals surface area contributed by atoms with E-state index in [1.54, 1.807) is 30.3 Å². The van der Waals surface area contributed by atoms with E-state index in [9.17, 15) is 13.2 Å². The Morgan fingerprint density at radius 1 is 1.16 bits per heavy atom. The Labute approximate surface area is 148 Å². The lowest BCUT2D eigenvalue weighted by Crippen LogP contribution is -2.46. The maximum absolute atomic E-state index is 12.5. The van der Waals surface area contributed by atoms with Crippen LogP contribution in [0.1, 0.15) is 0 Å². The van der Waals surface area contributed by atoms with Crippen molar-refractivity contribution < 1.29 is 23.1 Å². The Bertz CT molecular complexity index is 694. The van der Waals surface area contributed by atoms with Crippen LogP contribution in [0.25, 0.3) is 0 Å². The Morgan fingerprint density at radius 2 is 1.92 bits per heavy atom. The zero-order valence-electron chi connectivity index (χ0n) is 14.1. The molecule has 0 unspecified atom stereocenters. The summed E-state index contributed by atoms with van der Waals surface area (Å²) in [6, 6.07) is 8.51. The predicted molar refractivity (Wildman–Crippen MR) is 92.2 cm³/mol. The van der Waals surface area contributed by atoms with Crippen molar-refractivity contribution in [3.8, 4) is 0 Å². The highest BCUT2D eigenvalue weighted by atomic mass is 32.2. The topological polar surface area (TPSA) is 87.2 Å². The molecule has 2 atom stereocenters. The summed E-state index contributed by atoms with van der Waals surface area (Å²) < 4.78 is 30.7. The lowest BCUT2D eigenvalue weighted by atomic mass is 10.1. The van der Waals surface area contributed by atoms with E-state index in [0.29, 0.717) is 37.7 Å². The fourth-order valence-electron chi connectivity index (χ4n) is 3.60. The van der Waals surface area contributed by atoms with Gasteiger partial charge in [0.15, 0.2) is 9.84 Å². The third-order valence-corrected chi connectivity index (χ3v) is 6.48. The molecule has 1 N–H and O–H groups in total. The van der Waals surface area contributed by atoms with Crippen LogP contribution in [0.2, 0.25) is 0 Å². The van der Waals surface area contributed by atoms with Gasteiger partial charge in [-0.15, -0.1) is 0 Å². The normalized spacial score (nSPS) is 25.4. The van der Waals surface area contributed by atoms with Crippen molar-refractivity contribution in [2.75, 3.05) is 51.7 Å². The molecule has 1 aromatic rings. The average molecular weight is 368 g/mol. The predicted octanol–water partition coefficient (Wildman–Crippen LogP) is 0.178. The van der Waals surface area contributed by atoms with Crippen molar-refractivity contribution in [1.29, 1.82) is 0 Å². The molecule has 138 valence electrons. The van der Waals surface area contributed by atoms with E-state index in [1.165, 1.54) is 0 Å².